The van der Waals surface area contributed by atoms with E-state index in [9.17, 15) is 10.2 Å². The van der Waals surface area contributed by atoms with E-state index in [1.54, 1.807) is 0 Å². The molecule has 7 rings (SSSR count). The average Bonchev–Trinajstić information content (AvgIpc) is 3.26. The van der Waals surface area contributed by atoms with E-state index in [4.69, 9.17) is 37.9 Å². The number of rotatable bonds is 18. The number of ether oxygens (including phenoxy) is 8. The van der Waals surface area contributed by atoms with Crippen molar-refractivity contribution in [3.8, 4) is 0 Å². The Bertz CT molecular complexity index is 1850. The van der Waals surface area contributed by atoms with Gasteiger partial charge in [-0.2, -0.15) is 0 Å². The molecule has 10 heteroatoms. The predicted molar refractivity (Wildman–Crippen MR) is 212 cm³/mol. The van der Waals surface area contributed by atoms with Gasteiger partial charge in [0.2, 0.25) is 0 Å². The van der Waals surface area contributed by atoms with Crippen LogP contribution in [0.1, 0.15) is 34.7 Å². The minimum Gasteiger partial charge on any atom is -0.387 e. The number of hydrogen-bond donors (Lipinski definition) is 2. The van der Waals surface area contributed by atoms with Crippen LogP contribution in [0.3, 0.4) is 0 Å². The van der Waals surface area contributed by atoms with Gasteiger partial charge in [0.1, 0.15) is 42.7 Å². The summed E-state index contributed by atoms with van der Waals surface area (Å²) in [7, 11) is 0. The molecule has 2 heterocycles. The second-order valence-corrected chi connectivity index (χ2v) is 14.4. The van der Waals surface area contributed by atoms with Gasteiger partial charge in [-0.3, -0.25) is 0 Å². The van der Waals surface area contributed by atoms with Crippen LogP contribution in [0.5, 0.6) is 0 Å². The van der Waals surface area contributed by atoms with Crippen molar-refractivity contribution in [2.75, 3.05) is 6.61 Å². The van der Waals surface area contributed by atoms with Gasteiger partial charge in [-0.05, 0) is 34.7 Å². The minimum absolute atomic E-state index is 0.154. The molecule has 57 heavy (non-hydrogen) atoms. The highest BCUT2D eigenvalue weighted by molar-refractivity contribution is 5.17. The normalized spacial score (nSPS) is 27.6. The zero-order valence-corrected chi connectivity index (χ0v) is 32.1. The largest absolute Gasteiger partial charge is 0.387 e. The number of benzene rings is 5. The Morgan fingerprint density at radius 3 is 1.18 bits per heavy atom. The highest BCUT2D eigenvalue weighted by atomic mass is 16.7. The third-order valence-corrected chi connectivity index (χ3v) is 10.2. The van der Waals surface area contributed by atoms with Gasteiger partial charge < -0.3 is 48.1 Å². The van der Waals surface area contributed by atoms with E-state index in [1.807, 2.05) is 159 Å². The van der Waals surface area contributed by atoms with E-state index in [0.717, 1.165) is 27.8 Å². The Kier molecular flexibility index (Phi) is 15.0. The molecule has 5 aromatic rings. The lowest BCUT2D eigenvalue weighted by atomic mass is 9.97. The Labute approximate surface area is 334 Å². The number of hydrogen-bond acceptors (Lipinski definition) is 10. The van der Waals surface area contributed by atoms with E-state index in [1.165, 1.54) is 0 Å². The van der Waals surface area contributed by atoms with Gasteiger partial charge in [-0.15, -0.1) is 0 Å². The van der Waals surface area contributed by atoms with Crippen LogP contribution in [0.15, 0.2) is 152 Å². The molecule has 2 N–H and O–H groups in total. The van der Waals surface area contributed by atoms with E-state index in [2.05, 4.69) is 0 Å². The molecule has 10 atom stereocenters. The molecule has 2 saturated heterocycles. The first-order valence-electron chi connectivity index (χ1n) is 19.6. The van der Waals surface area contributed by atoms with Crippen LogP contribution in [0.2, 0.25) is 0 Å². The zero-order chi connectivity index (χ0) is 39.2. The fraction of sp³-hybridized carbons (Fsp3) is 0.362. The van der Waals surface area contributed by atoms with E-state index in [0.29, 0.717) is 13.2 Å². The molecular formula is C47H52O10. The minimum atomic E-state index is -1.42. The van der Waals surface area contributed by atoms with Crippen molar-refractivity contribution in [1.29, 1.82) is 0 Å². The summed E-state index contributed by atoms with van der Waals surface area (Å²) in [6, 6.07) is 49.0. The van der Waals surface area contributed by atoms with Crippen molar-refractivity contribution in [2.24, 2.45) is 0 Å². The molecule has 0 saturated carbocycles. The molecule has 2 aliphatic heterocycles. The summed E-state index contributed by atoms with van der Waals surface area (Å²) in [6.45, 7) is 3.07. The van der Waals surface area contributed by atoms with Crippen molar-refractivity contribution in [1.82, 2.24) is 0 Å². The van der Waals surface area contributed by atoms with Crippen LogP contribution in [0, 0.1) is 0 Å². The Hall–Kier alpha value is -4.30. The summed E-state index contributed by atoms with van der Waals surface area (Å²) in [6.07, 6.45) is -8.90. The van der Waals surface area contributed by atoms with Gasteiger partial charge in [-0.25, -0.2) is 0 Å². The fourth-order valence-electron chi connectivity index (χ4n) is 7.14. The maximum atomic E-state index is 11.8. The standard InChI is InChI=1S/C47H52O10/c1-33-41(50-27-34-17-7-2-8-18-34)43(52-29-36-21-11-4-12-22-36)45(54-31-38-25-15-6-16-26-38)47(56-33)55-32-39-40(48)42(51-28-35-19-9-3-10-20-35)44(46(49)57-39)53-30-37-23-13-5-14-24-37/h2-26,33,39-49H,27-32H2,1H3/t33-,39+,40-,41+,42-,43+,44+,45-,46-,47-/m0/s1. The lowest BCUT2D eigenvalue weighted by Gasteiger charge is -2.46. The third kappa shape index (κ3) is 11.4. The topological polar surface area (TPSA) is 114 Å². The van der Waals surface area contributed by atoms with Crippen molar-refractivity contribution >= 4 is 0 Å². The highest BCUT2D eigenvalue weighted by Gasteiger charge is 2.50. The molecule has 0 aromatic heterocycles. The third-order valence-electron chi connectivity index (χ3n) is 10.2. The van der Waals surface area contributed by atoms with Crippen LogP contribution in [-0.2, 0) is 70.9 Å². The highest BCUT2D eigenvalue weighted by Crippen LogP contribution is 2.33. The monoisotopic (exact) mass is 776 g/mol. The Morgan fingerprint density at radius 1 is 0.404 bits per heavy atom. The maximum Gasteiger partial charge on any atom is 0.186 e. The maximum absolute atomic E-state index is 11.8. The van der Waals surface area contributed by atoms with Gasteiger partial charge in [0.25, 0.3) is 0 Å². The first-order chi connectivity index (χ1) is 28.0. The summed E-state index contributed by atoms with van der Waals surface area (Å²) in [5, 5.41) is 23.2. The van der Waals surface area contributed by atoms with Gasteiger partial charge in [0, 0.05) is 0 Å². The number of aliphatic hydroxyl groups is 2. The second-order valence-electron chi connectivity index (χ2n) is 14.4. The molecule has 300 valence electrons. The van der Waals surface area contributed by atoms with Crippen molar-refractivity contribution in [3.05, 3.63) is 179 Å². The fourth-order valence-corrected chi connectivity index (χ4v) is 7.14. The second kappa shape index (κ2) is 20.9. The molecule has 5 aromatic carbocycles. The van der Waals surface area contributed by atoms with Crippen LogP contribution in [0.25, 0.3) is 0 Å². The lowest BCUT2D eigenvalue weighted by Crippen LogP contribution is -2.62. The van der Waals surface area contributed by atoms with Gasteiger partial charge in [0.15, 0.2) is 12.6 Å². The first kappa shape index (κ1) is 40.9. The SMILES string of the molecule is C[C@@H]1O[C@H](OC[C@H]2O[C@H](O)[C@H](OCc3ccccc3)[C@@H](OCc3ccccc3)[C@H]2O)[C@@H](OCc2ccccc2)[C@H](OCc2ccccc2)[C@@H]1OCc1ccccc1. The average molecular weight is 777 g/mol. The molecule has 0 aliphatic carbocycles. The summed E-state index contributed by atoms with van der Waals surface area (Å²) in [4.78, 5) is 0. The van der Waals surface area contributed by atoms with Crippen LogP contribution >= 0.6 is 0 Å². The molecular weight excluding hydrogens is 725 g/mol. The number of aliphatic hydroxyl groups excluding tert-OH is 2. The van der Waals surface area contributed by atoms with Gasteiger partial charge >= 0.3 is 0 Å². The molecule has 0 amide bonds. The molecule has 2 aliphatic rings. The summed E-state index contributed by atoms with van der Waals surface area (Å²) in [5.74, 6) is 0. The quantitative estimate of drug-likeness (QED) is 0.0991. The molecule has 0 spiro atoms. The first-order valence-corrected chi connectivity index (χ1v) is 19.6. The zero-order valence-electron chi connectivity index (χ0n) is 32.1. The van der Waals surface area contributed by atoms with Crippen LogP contribution in [-0.4, -0.2) is 78.2 Å². The van der Waals surface area contributed by atoms with Gasteiger partial charge in [0.05, 0.1) is 45.7 Å². The molecule has 2 fully saturated rings. The summed E-state index contributed by atoms with van der Waals surface area (Å²) < 4.78 is 51.5. The smallest absolute Gasteiger partial charge is 0.186 e. The van der Waals surface area contributed by atoms with E-state index >= 15 is 0 Å². The Morgan fingerprint density at radius 2 is 0.754 bits per heavy atom. The summed E-state index contributed by atoms with van der Waals surface area (Å²) >= 11 is 0. The van der Waals surface area contributed by atoms with E-state index < -0.39 is 61.4 Å². The van der Waals surface area contributed by atoms with Crippen LogP contribution in [0.4, 0.5) is 0 Å². The predicted octanol–water partition coefficient (Wildman–Crippen LogP) is 6.75. The van der Waals surface area contributed by atoms with Crippen molar-refractivity contribution < 1.29 is 48.1 Å². The molecule has 0 radical (unpaired) electrons. The van der Waals surface area contributed by atoms with Crippen molar-refractivity contribution in [2.45, 2.75) is 101 Å². The molecule has 10 nitrogen and oxygen atoms in total. The van der Waals surface area contributed by atoms with Crippen LogP contribution < -0.4 is 0 Å². The van der Waals surface area contributed by atoms with Gasteiger partial charge in [-0.1, -0.05) is 152 Å². The molecule has 0 unspecified atom stereocenters. The van der Waals surface area contributed by atoms with Crippen molar-refractivity contribution in [3.63, 3.8) is 0 Å². The van der Waals surface area contributed by atoms with E-state index in [-0.39, 0.29) is 26.4 Å². The summed E-state index contributed by atoms with van der Waals surface area (Å²) in [5.41, 5.74) is 4.80. The molecule has 0 bridgehead atoms. The Balaban J connectivity index is 1.10. The lowest BCUT2D eigenvalue weighted by molar-refractivity contribution is -0.341.